The van der Waals surface area contributed by atoms with Crippen LogP contribution in [0.15, 0.2) is 65.4 Å². The van der Waals surface area contributed by atoms with Crippen LogP contribution in [0.25, 0.3) is 11.1 Å². The molecule has 136 valence electrons. The highest BCUT2D eigenvalue weighted by atomic mass is 19.2. The van der Waals surface area contributed by atoms with Crippen LogP contribution >= 0.6 is 0 Å². The van der Waals surface area contributed by atoms with Gasteiger partial charge in [-0.15, -0.1) is 0 Å². The Bertz CT molecular complexity index is 1100. The molecule has 0 bridgehead atoms. The normalized spacial score (nSPS) is 11.0. The minimum absolute atomic E-state index is 0.201. The molecule has 1 N–H and O–H groups in total. The van der Waals surface area contributed by atoms with Crippen molar-refractivity contribution in [1.82, 2.24) is 14.9 Å². The lowest BCUT2D eigenvalue weighted by Crippen LogP contribution is -2.26. The van der Waals surface area contributed by atoms with Crippen molar-refractivity contribution in [2.24, 2.45) is 0 Å². The summed E-state index contributed by atoms with van der Waals surface area (Å²) in [6, 6.07) is 12.5. The lowest BCUT2D eigenvalue weighted by atomic mass is 10.2. The standard InChI is InChI=1S/C20H15F2N3O2/c21-15-5-4-13(9-16(15)22)12-25-17-6-8-27-19(17)10-18(25)20(26)24-11-14-3-1-2-7-23-14/h1-10H,11-12H2,(H,24,26). The molecule has 1 amide bonds. The summed E-state index contributed by atoms with van der Waals surface area (Å²) >= 11 is 0. The summed E-state index contributed by atoms with van der Waals surface area (Å²) in [5, 5.41) is 2.81. The van der Waals surface area contributed by atoms with Gasteiger partial charge < -0.3 is 14.3 Å². The summed E-state index contributed by atoms with van der Waals surface area (Å²) in [6.45, 7) is 0.476. The van der Waals surface area contributed by atoms with Crippen LogP contribution < -0.4 is 5.32 Å². The molecule has 0 fully saturated rings. The maximum Gasteiger partial charge on any atom is 0.268 e. The third-order valence-electron chi connectivity index (χ3n) is 4.24. The van der Waals surface area contributed by atoms with E-state index < -0.39 is 11.6 Å². The summed E-state index contributed by atoms with van der Waals surface area (Å²) in [7, 11) is 0. The fraction of sp³-hybridized carbons (Fsp3) is 0.100. The van der Waals surface area contributed by atoms with Crippen LogP contribution in [0.3, 0.4) is 0 Å². The molecule has 0 spiro atoms. The maximum atomic E-state index is 13.5. The number of nitrogens with one attached hydrogen (secondary N) is 1. The number of hydrogen-bond donors (Lipinski definition) is 1. The first-order valence-corrected chi connectivity index (χ1v) is 8.30. The molecule has 5 nitrogen and oxygen atoms in total. The van der Waals surface area contributed by atoms with E-state index >= 15 is 0 Å². The SMILES string of the molecule is O=C(NCc1ccccn1)c1cc2occc2n1Cc1ccc(F)c(F)c1. The molecule has 0 unspecified atom stereocenters. The van der Waals surface area contributed by atoms with Crippen molar-refractivity contribution in [3.05, 3.63) is 89.6 Å². The van der Waals surface area contributed by atoms with Crippen LogP contribution in [0.5, 0.6) is 0 Å². The van der Waals surface area contributed by atoms with Crippen molar-refractivity contribution in [2.75, 3.05) is 0 Å². The monoisotopic (exact) mass is 367 g/mol. The number of nitrogens with zero attached hydrogens (tertiary/aromatic N) is 2. The number of carbonyl (C=O) groups is 1. The van der Waals surface area contributed by atoms with E-state index in [2.05, 4.69) is 10.3 Å². The van der Waals surface area contributed by atoms with Crippen LogP contribution in [0.2, 0.25) is 0 Å². The van der Waals surface area contributed by atoms with Gasteiger partial charge in [0.25, 0.3) is 5.91 Å². The van der Waals surface area contributed by atoms with Crippen molar-refractivity contribution in [3.8, 4) is 0 Å². The van der Waals surface area contributed by atoms with Gasteiger partial charge in [0, 0.05) is 24.9 Å². The lowest BCUT2D eigenvalue weighted by Gasteiger charge is -2.11. The Hall–Kier alpha value is -3.48. The quantitative estimate of drug-likeness (QED) is 0.582. The van der Waals surface area contributed by atoms with Gasteiger partial charge in [-0.05, 0) is 29.8 Å². The topological polar surface area (TPSA) is 60.1 Å². The molecule has 1 aromatic carbocycles. The van der Waals surface area contributed by atoms with E-state index in [1.807, 2.05) is 12.1 Å². The Morgan fingerprint density at radius 3 is 2.78 bits per heavy atom. The Morgan fingerprint density at radius 2 is 2.00 bits per heavy atom. The number of rotatable bonds is 5. The molecule has 27 heavy (non-hydrogen) atoms. The first-order chi connectivity index (χ1) is 13.1. The highest BCUT2D eigenvalue weighted by Crippen LogP contribution is 2.23. The minimum atomic E-state index is -0.927. The Kier molecular flexibility index (Phi) is 4.42. The van der Waals surface area contributed by atoms with Gasteiger partial charge >= 0.3 is 0 Å². The molecule has 0 saturated carbocycles. The summed E-state index contributed by atoms with van der Waals surface area (Å²) in [5.74, 6) is -2.15. The summed E-state index contributed by atoms with van der Waals surface area (Å²) in [6.07, 6.45) is 3.17. The molecule has 0 radical (unpaired) electrons. The molecule has 3 heterocycles. The number of fused-ring (bicyclic) bond motifs is 1. The number of halogens is 2. The predicted octanol–water partition coefficient (Wildman–Crippen LogP) is 3.89. The highest BCUT2D eigenvalue weighted by molar-refractivity contribution is 5.97. The smallest absolute Gasteiger partial charge is 0.268 e. The number of furan rings is 1. The molecule has 0 aliphatic rings. The number of carbonyl (C=O) groups excluding carboxylic acids is 1. The molecule has 0 aliphatic heterocycles. The first-order valence-electron chi connectivity index (χ1n) is 8.30. The molecule has 3 aromatic heterocycles. The van der Waals surface area contributed by atoms with Gasteiger partial charge in [-0.25, -0.2) is 8.78 Å². The van der Waals surface area contributed by atoms with E-state index in [0.29, 0.717) is 22.4 Å². The maximum absolute atomic E-state index is 13.5. The fourth-order valence-electron chi connectivity index (χ4n) is 2.92. The first kappa shape index (κ1) is 17.0. The second-order valence-electron chi connectivity index (χ2n) is 6.04. The predicted molar refractivity (Wildman–Crippen MR) is 95.1 cm³/mol. The summed E-state index contributed by atoms with van der Waals surface area (Å²) < 4.78 is 33.8. The number of amides is 1. The van der Waals surface area contributed by atoms with Crippen LogP contribution in [0, 0.1) is 11.6 Å². The van der Waals surface area contributed by atoms with E-state index in [0.717, 1.165) is 17.8 Å². The Labute approximate surface area is 153 Å². The van der Waals surface area contributed by atoms with E-state index in [9.17, 15) is 13.6 Å². The molecular weight excluding hydrogens is 352 g/mol. The van der Waals surface area contributed by atoms with Gasteiger partial charge in [0.2, 0.25) is 0 Å². The second-order valence-corrected chi connectivity index (χ2v) is 6.04. The number of aromatic nitrogens is 2. The Morgan fingerprint density at radius 1 is 1.11 bits per heavy atom. The van der Waals surface area contributed by atoms with Crippen LogP contribution in [-0.4, -0.2) is 15.5 Å². The van der Waals surface area contributed by atoms with Gasteiger partial charge in [0.1, 0.15) is 5.69 Å². The van der Waals surface area contributed by atoms with Crippen molar-refractivity contribution < 1.29 is 18.0 Å². The zero-order valence-electron chi connectivity index (χ0n) is 14.2. The minimum Gasteiger partial charge on any atom is -0.463 e. The molecule has 4 rings (SSSR count). The van der Waals surface area contributed by atoms with E-state index in [4.69, 9.17) is 4.42 Å². The average molecular weight is 367 g/mol. The third kappa shape index (κ3) is 3.44. The Balaban J connectivity index is 1.62. The average Bonchev–Trinajstić information content (AvgIpc) is 3.26. The summed E-state index contributed by atoms with van der Waals surface area (Å²) in [4.78, 5) is 16.9. The van der Waals surface area contributed by atoms with Crippen LogP contribution in [-0.2, 0) is 13.1 Å². The number of pyridine rings is 1. The number of hydrogen-bond acceptors (Lipinski definition) is 3. The largest absolute Gasteiger partial charge is 0.463 e. The molecule has 7 heteroatoms. The molecule has 0 aliphatic carbocycles. The van der Waals surface area contributed by atoms with Gasteiger partial charge in [-0.1, -0.05) is 12.1 Å². The molecular formula is C20H15F2N3O2. The van der Waals surface area contributed by atoms with E-state index in [-0.39, 0.29) is 19.0 Å². The molecule has 0 saturated heterocycles. The van der Waals surface area contributed by atoms with Crippen molar-refractivity contribution in [2.45, 2.75) is 13.1 Å². The third-order valence-corrected chi connectivity index (χ3v) is 4.24. The summed E-state index contributed by atoms with van der Waals surface area (Å²) in [5.41, 5.74) is 2.87. The highest BCUT2D eigenvalue weighted by Gasteiger charge is 2.18. The van der Waals surface area contributed by atoms with E-state index in [1.54, 1.807) is 29.0 Å². The molecule has 0 atom stereocenters. The van der Waals surface area contributed by atoms with Gasteiger partial charge in [-0.2, -0.15) is 0 Å². The fourth-order valence-corrected chi connectivity index (χ4v) is 2.92. The van der Waals surface area contributed by atoms with Crippen molar-refractivity contribution in [3.63, 3.8) is 0 Å². The second kappa shape index (κ2) is 7.03. The van der Waals surface area contributed by atoms with Crippen LogP contribution in [0.4, 0.5) is 8.78 Å². The van der Waals surface area contributed by atoms with Gasteiger partial charge in [0.15, 0.2) is 17.2 Å². The zero-order valence-corrected chi connectivity index (χ0v) is 14.2. The zero-order chi connectivity index (χ0) is 18.8. The lowest BCUT2D eigenvalue weighted by molar-refractivity contribution is 0.0942. The van der Waals surface area contributed by atoms with E-state index in [1.165, 1.54) is 12.3 Å². The van der Waals surface area contributed by atoms with Gasteiger partial charge in [-0.3, -0.25) is 9.78 Å². The molecule has 4 aromatic rings. The number of benzene rings is 1. The van der Waals surface area contributed by atoms with Crippen molar-refractivity contribution in [1.29, 1.82) is 0 Å². The van der Waals surface area contributed by atoms with Gasteiger partial charge in [0.05, 0.1) is 24.0 Å². The van der Waals surface area contributed by atoms with Crippen molar-refractivity contribution >= 4 is 17.0 Å². The van der Waals surface area contributed by atoms with Crippen LogP contribution in [0.1, 0.15) is 21.7 Å².